The Morgan fingerprint density at radius 2 is 1.56 bits per heavy atom. The summed E-state index contributed by atoms with van der Waals surface area (Å²) in [7, 11) is 0. The van der Waals surface area contributed by atoms with Crippen molar-refractivity contribution in [3.05, 3.63) is 0 Å². The second-order valence-corrected chi connectivity index (χ2v) is 7.33. The van der Waals surface area contributed by atoms with Crippen LogP contribution in [0.15, 0.2) is 0 Å². The van der Waals surface area contributed by atoms with Crippen LogP contribution in [0.2, 0.25) is 0 Å². The van der Waals surface area contributed by atoms with Gasteiger partial charge >= 0.3 is 0 Å². The van der Waals surface area contributed by atoms with Crippen molar-refractivity contribution < 1.29 is 0 Å². The van der Waals surface area contributed by atoms with Crippen molar-refractivity contribution in [1.29, 1.82) is 0 Å². The van der Waals surface area contributed by atoms with E-state index in [4.69, 9.17) is 5.73 Å². The highest BCUT2D eigenvalue weighted by Crippen LogP contribution is 2.71. The van der Waals surface area contributed by atoms with Crippen LogP contribution in [0.1, 0.15) is 33.1 Å². The van der Waals surface area contributed by atoms with Crippen LogP contribution in [0, 0.1) is 53.3 Å². The van der Waals surface area contributed by atoms with Crippen LogP contribution in [-0.2, 0) is 0 Å². The molecule has 1 nitrogen and oxygen atoms in total. The molecule has 4 bridgehead atoms. The summed E-state index contributed by atoms with van der Waals surface area (Å²) in [5.41, 5.74) is 5.96. The average Bonchev–Trinajstić information content (AvgIpc) is 2.98. The fraction of sp³-hybridized carbons (Fsp3) is 1.00. The fourth-order valence-corrected chi connectivity index (χ4v) is 6.63. The fourth-order valence-electron chi connectivity index (χ4n) is 6.63. The zero-order chi connectivity index (χ0) is 11.0. The first-order chi connectivity index (χ1) is 7.72. The molecule has 0 heterocycles. The molecular formula is C15H25N. The van der Waals surface area contributed by atoms with E-state index in [1.807, 2.05) is 0 Å². The van der Waals surface area contributed by atoms with Crippen LogP contribution in [0.3, 0.4) is 0 Å². The Morgan fingerprint density at radius 1 is 0.875 bits per heavy atom. The van der Waals surface area contributed by atoms with Crippen LogP contribution in [0.25, 0.3) is 0 Å². The molecule has 16 heavy (non-hydrogen) atoms. The molecule has 0 aliphatic heterocycles. The molecule has 0 amide bonds. The first-order valence-corrected chi connectivity index (χ1v) is 7.42. The molecule has 4 aliphatic carbocycles. The van der Waals surface area contributed by atoms with E-state index in [-0.39, 0.29) is 0 Å². The summed E-state index contributed by atoms with van der Waals surface area (Å²) in [4.78, 5) is 0. The molecule has 0 aromatic heterocycles. The van der Waals surface area contributed by atoms with E-state index >= 15 is 0 Å². The van der Waals surface area contributed by atoms with E-state index in [0.717, 1.165) is 59.8 Å². The van der Waals surface area contributed by atoms with Crippen LogP contribution in [-0.4, -0.2) is 6.54 Å². The topological polar surface area (TPSA) is 26.0 Å². The minimum absolute atomic E-state index is 0.896. The second kappa shape index (κ2) is 3.04. The van der Waals surface area contributed by atoms with E-state index in [1.54, 1.807) is 12.8 Å². The quantitative estimate of drug-likeness (QED) is 0.674. The lowest BCUT2D eigenvalue weighted by molar-refractivity contribution is 0.0485. The third kappa shape index (κ3) is 0.939. The lowest BCUT2D eigenvalue weighted by atomic mass is 9.62. The molecular weight excluding hydrogens is 194 g/mol. The smallest absolute Gasteiger partial charge is 0.00460 e. The molecule has 2 N–H and O–H groups in total. The Bertz CT molecular complexity index is 309. The highest BCUT2D eigenvalue weighted by atomic mass is 14.7. The summed E-state index contributed by atoms with van der Waals surface area (Å²) in [6, 6.07) is 0. The molecule has 4 rings (SSSR count). The standard InChI is InChI=1S/C15H25N/c1-7-8(2)12-5-11(7)14-9-3-10(6-16)13(4-9)15(12)14/h7-15H,3-6,16H2,1-2H3. The molecule has 0 radical (unpaired) electrons. The number of rotatable bonds is 1. The van der Waals surface area contributed by atoms with E-state index in [2.05, 4.69) is 13.8 Å². The first kappa shape index (κ1) is 9.94. The van der Waals surface area contributed by atoms with E-state index in [9.17, 15) is 0 Å². The Balaban J connectivity index is 1.68. The summed E-state index contributed by atoms with van der Waals surface area (Å²) < 4.78 is 0. The van der Waals surface area contributed by atoms with Gasteiger partial charge in [-0.2, -0.15) is 0 Å². The SMILES string of the molecule is CC1C(C)C2CC1C1C3CC(CN)C(C3)C21. The monoisotopic (exact) mass is 219 g/mol. The normalized spacial score (nSPS) is 66.6. The largest absolute Gasteiger partial charge is 0.330 e. The Morgan fingerprint density at radius 3 is 2.25 bits per heavy atom. The van der Waals surface area contributed by atoms with Gasteiger partial charge in [-0.25, -0.2) is 0 Å². The predicted molar refractivity (Wildman–Crippen MR) is 65.7 cm³/mol. The van der Waals surface area contributed by atoms with E-state index in [1.165, 1.54) is 6.42 Å². The van der Waals surface area contributed by atoms with Gasteiger partial charge in [-0.1, -0.05) is 13.8 Å². The third-order valence-corrected chi connectivity index (χ3v) is 7.28. The maximum atomic E-state index is 5.96. The second-order valence-electron chi connectivity index (χ2n) is 7.33. The minimum atomic E-state index is 0.896. The van der Waals surface area contributed by atoms with Crippen molar-refractivity contribution in [2.45, 2.75) is 33.1 Å². The van der Waals surface area contributed by atoms with Crippen molar-refractivity contribution in [2.24, 2.45) is 59.0 Å². The average molecular weight is 219 g/mol. The Hall–Kier alpha value is -0.0400. The van der Waals surface area contributed by atoms with Gasteiger partial charge in [0.2, 0.25) is 0 Å². The molecule has 4 saturated carbocycles. The van der Waals surface area contributed by atoms with Gasteiger partial charge in [-0.3, -0.25) is 0 Å². The van der Waals surface area contributed by atoms with Crippen molar-refractivity contribution in [3.8, 4) is 0 Å². The third-order valence-electron chi connectivity index (χ3n) is 7.28. The van der Waals surface area contributed by atoms with Crippen LogP contribution >= 0.6 is 0 Å². The van der Waals surface area contributed by atoms with Gasteiger partial charge in [0.1, 0.15) is 0 Å². The molecule has 1 heteroatoms. The maximum Gasteiger partial charge on any atom is -0.00460 e. The number of fused-ring (bicyclic) bond motifs is 9. The number of nitrogens with two attached hydrogens (primary N) is 1. The highest BCUT2D eigenvalue weighted by molar-refractivity contribution is 5.13. The Labute approximate surface area is 99.2 Å². The van der Waals surface area contributed by atoms with Crippen molar-refractivity contribution in [3.63, 3.8) is 0 Å². The summed E-state index contributed by atoms with van der Waals surface area (Å²) in [5.74, 6) is 9.43. The molecule has 4 aliphatic rings. The number of hydrogen-bond donors (Lipinski definition) is 1. The predicted octanol–water partition coefficient (Wildman–Crippen LogP) is 2.76. The van der Waals surface area contributed by atoms with Gasteiger partial charge in [-0.15, -0.1) is 0 Å². The Kier molecular flexibility index (Phi) is 1.89. The zero-order valence-electron chi connectivity index (χ0n) is 10.6. The minimum Gasteiger partial charge on any atom is -0.330 e. The van der Waals surface area contributed by atoms with Gasteiger partial charge in [0.15, 0.2) is 0 Å². The molecule has 0 spiro atoms. The van der Waals surface area contributed by atoms with Crippen molar-refractivity contribution >= 4 is 0 Å². The number of hydrogen-bond acceptors (Lipinski definition) is 1. The van der Waals surface area contributed by atoms with Gasteiger partial charge < -0.3 is 5.73 Å². The molecule has 4 fully saturated rings. The van der Waals surface area contributed by atoms with Gasteiger partial charge in [-0.05, 0) is 79.1 Å². The van der Waals surface area contributed by atoms with Crippen LogP contribution in [0.5, 0.6) is 0 Å². The molecule has 0 aromatic rings. The molecule has 0 aromatic carbocycles. The molecule has 0 saturated heterocycles. The summed E-state index contributed by atoms with van der Waals surface area (Å²) in [6.07, 6.45) is 4.60. The van der Waals surface area contributed by atoms with Crippen molar-refractivity contribution in [2.75, 3.05) is 6.54 Å². The van der Waals surface area contributed by atoms with Gasteiger partial charge in [0.25, 0.3) is 0 Å². The maximum absolute atomic E-state index is 5.96. The van der Waals surface area contributed by atoms with Crippen LogP contribution < -0.4 is 5.73 Å². The summed E-state index contributed by atoms with van der Waals surface area (Å²) in [5, 5.41) is 0. The van der Waals surface area contributed by atoms with Crippen molar-refractivity contribution in [1.82, 2.24) is 0 Å². The lowest BCUT2D eigenvalue weighted by Crippen LogP contribution is -2.40. The van der Waals surface area contributed by atoms with Crippen LogP contribution in [0.4, 0.5) is 0 Å². The van der Waals surface area contributed by atoms with Gasteiger partial charge in [0.05, 0.1) is 0 Å². The molecule has 9 unspecified atom stereocenters. The molecule has 90 valence electrons. The van der Waals surface area contributed by atoms with Gasteiger partial charge in [0, 0.05) is 0 Å². The summed E-state index contributed by atoms with van der Waals surface area (Å²) in [6.45, 7) is 6.01. The lowest BCUT2D eigenvalue weighted by Gasteiger charge is -2.43. The van der Waals surface area contributed by atoms with E-state index < -0.39 is 0 Å². The first-order valence-electron chi connectivity index (χ1n) is 7.42. The zero-order valence-corrected chi connectivity index (χ0v) is 10.6. The highest BCUT2D eigenvalue weighted by Gasteiger charge is 2.65. The molecule has 9 atom stereocenters. The summed E-state index contributed by atoms with van der Waals surface area (Å²) >= 11 is 0. The van der Waals surface area contributed by atoms with E-state index in [0.29, 0.717) is 0 Å².